The van der Waals surface area contributed by atoms with E-state index in [-0.39, 0.29) is 18.2 Å². The minimum atomic E-state index is -0.512. The van der Waals surface area contributed by atoms with Crippen molar-refractivity contribution in [1.29, 1.82) is 0 Å². The number of ether oxygens (including phenoxy) is 1. The first-order valence-electron chi connectivity index (χ1n) is 4.73. The molecule has 2 aromatic rings. The van der Waals surface area contributed by atoms with Gasteiger partial charge in [-0.05, 0) is 18.2 Å². The van der Waals surface area contributed by atoms with E-state index in [2.05, 4.69) is 25.9 Å². The molecule has 0 spiro atoms. The molecular weight excluding hydrogens is 291 g/mol. The number of benzene rings is 1. The number of hydrogen-bond acceptors (Lipinski definition) is 4. The van der Waals surface area contributed by atoms with E-state index in [4.69, 9.17) is 9.84 Å². The second kappa shape index (κ2) is 5.20. The van der Waals surface area contributed by atoms with Crippen molar-refractivity contribution in [3.8, 4) is 11.6 Å². The van der Waals surface area contributed by atoms with Gasteiger partial charge in [-0.1, -0.05) is 15.9 Å². The molecule has 88 valence electrons. The summed E-state index contributed by atoms with van der Waals surface area (Å²) in [6, 6.07) is 4.41. The molecule has 0 radical (unpaired) electrons. The fraction of sp³-hybridized carbons (Fsp3) is 0.0909. The highest BCUT2D eigenvalue weighted by atomic mass is 79.9. The predicted octanol–water partition coefficient (Wildman–Crippen LogP) is 2.66. The lowest BCUT2D eigenvalue weighted by Crippen LogP contribution is -1.97. The molecule has 1 heterocycles. The van der Waals surface area contributed by atoms with E-state index >= 15 is 0 Å². The monoisotopic (exact) mass is 298 g/mol. The summed E-state index contributed by atoms with van der Waals surface area (Å²) >= 11 is 3.15. The summed E-state index contributed by atoms with van der Waals surface area (Å²) in [6.07, 6.45) is 2.68. The summed E-state index contributed by atoms with van der Waals surface area (Å²) in [7, 11) is 0. The van der Waals surface area contributed by atoms with Crippen molar-refractivity contribution in [2.75, 3.05) is 0 Å². The maximum atomic E-state index is 13.5. The molecule has 1 aromatic heterocycles. The summed E-state index contributed by atoms with van der Waals surface area (Å²) in [5.41, 5.74) is 0.398. The topological polar surface area (TPSA) is 55.2 Å². The second-order valence-corrected chi connectivity index (χ2v) is 4.10. The van der Waals surface area contributed by atoms with Crippen molar-refractivity contribution < 1.29 is 14.2 Å². The van der Waals surface area contributed by atoms with Gasteiger partial charge in [0.2, 0.25) is 5.88 Å². The third kappa shape index (κ3) is 2.78. The molecule has 0 atom stereocenters. The van der Waals surface area contributed by atoms with Gasteiger partial charge in [-0.25, -0.2) is 14.4 Å². The van der Waals surface area contributed by atoms with Gasteiger partial charge >= 0.3 is 0 Å². The molecule has 0 aliphatic heterocycles. The van der Waals surface area contributed by atoms with Gasteiger partial charge in [-0.3, -0.25) is 0 Å². The largest absolute Gasteiger partial charge is 0.435 e. The lowest BCUT2D eigenvalue weighted by molar-refractivity contribution is 0.273. The zero-order valence-electron chi connectivity index (χ0n) is 8.60. The smallest absolute Gasteiger partial charge is 0.227 e. The van der Waals surface area contributed by atoms with Crippen LogP contribution in [0.2, 0.25) is 0 Å². The molecule has 0 saturated carbocycles. The fourth-order valence-electron chi connectivity index (χ4n) is 1.21. The van der Waals surface area contributed by atoms with Crippen LogP contribution in [0.25, 0.3) is 0 Å². The maximum absolute atomic E-state index is 13.5. The van der Waals surface area contributed by atoms with E-state index in [0.717, 1.165) is 0 Å². The van der Waals surface area contributed by atoms with Crippen molar-refractivity contribution in [2.45, 2.75) is 6.61 Å². The summed E-state index contributed by atoms with van der Waals surface area (Å²) in [5.74, 6) is -0.327. The number of nitrogens with zero attached hydrogens (tertiary/aromatic N) is 2. The molecule has 0 aliphatic carbocycles. The van der Waals surface area contributed by atoms with E-state index in [1.54, 1.807) is 6.07 Å². The van der Waals surface area contributed by atoms with Gasteiger partial charge < -0.3 is 9.84 Å². The normalized spacial score (nSPS) is 10.3. The number of rotatable bonds is 3. The van der Waals surface area contributed by atoms with Crippen LogP contribution in [-0.4, -0.2) is 15.1 Å². The van der Waals surface area contributed by atoms with E-state index in [0.29, 0.717) is 10.0 Å². The Morgan fingerprint density at radius 2 is 2.24 bits per heavy atom. The molecular formula is C11H8BrFN2O2. The van der Waals surface area contributed by atoms with Crippen LogP contribution in [-0.2, 0) is 6.61 Å². The quantitative estimate of drug-likeness (QED) is 0.946. The molecule has 17 heavy (non-hydrogen) atoms. The van der Waals surface area contributed by atoms with Crippen LogP contribution >= 0.6 is 15.9 Å². The molecule has 0 unspecified atom stereocenters. The van der Waals surface area contributed by atoms with Crippen LogP contribution in [0.1, 0.15) is 5.56 Å². The van der Waals surface area contributed by atoms with Gasteiger partial charge in [-0.2, -0.15) is 0 Å². The predicted molar refractivity (Wildman–Crippen MR) is 62.1 cm³/mol. The minimum Gasteiger partial charge on any atom is -0.435 e. The van der Waals surface area contributed by atoms with Gasteiger partial charge in [0.1, 0.15) is 6.33 Å². The molecule has 0 bridgehead atoms. The zero-order chi connectivity index (χ0) is 12.3. The molecule has 0 saturated heterocycles. The lowest BCUT2D eigenvalue weighted by Gasteiger charge is -2.08. The number of hydrogen-bond donors (Lipinski definition) is 1. The first-order chi connectivity index (χ1) is 8.20. The molecule has 0 aliphatic rings. The fourth-order valence-corrected chi connectivity index (χ4v) is 1.54. The average molecular weight is 299 g/mol. The van der Waals surface area contributed by atoms with E-state index in [9.17, 15) is 4.39 Å². The van der Waals surface area contributed by atoms with Gasteiger partial charge in [0.05, 0.1) is 12.2 Å². The zero-order valence-corrected chi connectivity index (χ0v) is 10.2. The molecule has 0 fully saturated rings. The van der Waals surface area contributed by atoms with E-state index in [1.165, 1.54) is 24.7 Å². The standard InChI is InChI=1S/C11H8BrFN2O2/c12-8-1-2-10(9(13)3-8)17-11-7(5-16)4-14-6-15-11/h1-4,6,16H,5H2. The molecule has 1 N–H and O–H groups in total. The highest BCUT2D eigenvalue weighted by Gasteiger charge is 2.09. The molecule has 2 rings (SSSR count). The van der Waals surface area contributed by atoms with Crippen LogP contribution in [0.3, 0.4) is 0 Å². The van der Waals surface area contributed by atoms with Gasteiger partial charge in [0, 0.05) is 10.7 Å². The van der Waals surface area contributed by atoms with Gasteiger partial charge in [-0.15, -0.1) is 0 Å². The Balaban J connectivity index is 2.31. The molecule has 6 heteroatoms. The number of halogens is 2. The third-order valence-electron chi connectivity index (χ3n) is 2.02. The number of aromatic nitrogens is 2. The average Bonchev–Trinajstić information content (AvgIpc) is 2.33. The van der Waals surface area contributed by atoms with E-state index < -0.39 is 5.82 Å². The van der Waals surface area contributed by atoms with Crippen LogP contribution in [0, 0.1) is 5.82 Å². The first-order valence-corrected chi connectivity index (χ1v) is 5.52. The van der Waals surface area contributed by atoms with Crippen LogP contribution < -0.4 is 4.74 Å². The Bertz CT molecular complexity index is 537. The summed E-state index contributed by atoms with van der Waals surface area (Å²) in [6.45, 7) is -0.270. The van der Waals surface area contributed by atoms with Crippen LogP contribution in [0.5, 0.6) is 11.6 Å². The summed E-state index contributed by atoms with van der Waals surface area (Å²) in [4.78, 5) is 7.58. The first kappa shape index (κ1) is 11.9. The van der Waals surface area contributed by atoms with Crippen molar-refractivity contribution in [2.24, 2.45) is 0 Å². The van der Waals surface area contributed by atoms with Crippen molar-refractivity contribution in [3.05, 3.63) is 46.6 Å². The van der Waals surface area contributed by atoms with Crippen molar-refractivity contribution in [1.82, 2.24) is 9.97 Å². The second-order valence-electron chi connectivity index (χ2n) is 3.19. The Morgan fingerprint density at radius 1 is 1.41 bits per heavy atom. The molecule has 1 aromatic carbocycles. The van der Waals surface area contributed by atoms with Gasteiger partial charge in [0.15, 0.2) is 11.6 Å². The Labute approximate surface area is 105 Å². The third-order valence-corrected chi connectivity index (χ3v) is 2.51. The SMILES string of the molecule is OCc1cncnc1Oc1ccc(Br)cc1F. The Hall–Kier alpha value is -1.53. The minimum absolute atomic E-state index is 0.0431. The lowest BCUT2D eigenvalue weighted by atomic mass is 10.3. The van der Waals surface area contributed by atoms with Crippen molar-refractivity contribution in [3.63, 3.8) is 0 Å². The Morgan fingerprint density at radius 3 is 2.94 bits per heavy atom. The summed E-state index contributed by atoms with van der Waals surface area (Å²) < 4.78 is 19.4. The highest BCUT2D eigenvalue weighted by Crippen LogP contribution is 2.27. The summed E-state index contributed by atoms with van der Waals surface area (Å²) in [5, 5.41) is 9.05. The van der Waals surface area contributed by atoms with E-state index in [1.807, 2.05) is 0 Å². The number of aliphatic hydroxyl groups is 1. The number of aliphatic hydroxyl groups excluding tert-OH is 1. The Kier molecular flexibility index (Phi) is 3.65. The van der Waals surface area contributed by atoms with Crippen molar-refractivity contribution >= 4 is 15.9 Å². The maximum Gasteiger partial charge on any atom is 0.227 e. The van der Waals surface area contributed by atoms with Gasteiger partial charge in [0.25, 0.3) is 0 Å². The highest BCUT2D eigenvalue weighted by molar-refractivity contribution is 9.10. The van der Waals surface area contributed by atoms with Crippen LogP contribution in [0.15, 0.2) is 35.2 Å². The van der Waals surface area contributed by atoms with Crippen LogP contribution in [0.4, 0.5) is 4.39 Å². The molecule has 0 amide bonds. The molecule has 4 nitrogen and oxygen atoms in total.